The van der Waals surface area contributed by atoms with Crippen LogP contribution in [-0.4, -0.2) is 37.3 Å². The molecule has 8 nitrogen and oxygen atoms in total. The van der Waals surface area contributed by atoms with Gasteiger partial charge in [0.25, 0.3) is 5.89 Å². The highest BCUT2D eigenvalue weighted by Crippen LogP contribution is 2.32. The van der Waals surface area contributed by atoms with Gasteiger partial charge in [0.2, 0.25) is 21.6 Å². The third-order valence-electron chi connectivity index (χ3n) is 4.42. The summed E-state index contributed by atoms with van der Waals surface area (Å²) < 4.78 is 38.5. The van der Waals surface area contributed by atoms with Gasteiger partial charge in [-0.15, -0.1) is 0 Å². The Bertz CT molecular complexity index is 947. The second kappa shape index (κ2) is 7.74. The van der Waals surface area contributed by atoms with Crippen molar-refractivity contribution in [2.24, 2.45) is 5.92 Å². The number of nitrogens with one attached hydrogen (secondary N) is 1. The predicted molar refractivity (Wildman–Crippen MR) is 99.6 cm³/mol. The molecule has 2 aromatic heterocycles. The minimum atomic E-state index is -3.62. The van der Waals surface area contributed by atoms with Crippen molar-refractivity contribution >= 4 is 15.9 Å². The number of hydrogen-bond donors (Lipinski definition) is 1. The first-order valence-electron chi connectivity index (χ1n) is 9.08. The minimum Gasteiger partial charge on any atom is -0.455 e. The molecule has 9 heteroatoms. The molecule has 0 saturated carbocycles. The fraction of sp³-hybridized carbons (Fsp3) is 0.556. The van der Waals surface area contributed by atoms with Gasteiger partial charge < -0.3 is 14.2 Å². The highest BCUT2D eigenvalue weighted by Gasteiger charge is 2.31. The zero-order valence-electron chi connectivity index (χ0n) is 15.8. The summed E-state index contributed by atoms with van der Waals surface area (Å²) in [4.78, 5) is 4.25. The quantitative estimate of drug-likeness (QED) is 0.802. The maximum absolute atomic E-state index is 12.9. The Morgan fingerprint density at radius 2 is 2.00 bits per heavy atom. The second-order valence-corrected chi connectivity index (χ2v) is 8.99. The van der Waals surface area contributed by atoms with Crippen LogP contribution in [-0.2, 0) is 10.0 Å². The van der Waals surface area contributed by atoms with E-state index in [-0.39, 0.29) is 33.9 Å². The van der Waals surface area contributed by atoms with Gasteiger partial charge in [-0.3, -0.25) is 0 Å². The number of furan rings is 1. The predicted octanol–water partition coefficient (Wildman–Crippen LogP) is 3.36. The van der Waals surface area contributed by atoms with E-state index >= 15 is 0 Å². The molecule has 27 heavy (non-hydrogen) atoms. The van der Waals surface area contributed by atoms with Gasteiger partial charge in [-0.1, -0.05) is 20.3 Å². The molecule has 1 aliphatic rings. The van der Waals surface area contributed by atoms with Crippen LogP contribution in [0.1, 0.15) is 44.6 Å². The fourth-order valence-electron chi connectivity index (χ4n) is 2.99. The smallest absolute Gasteiger partial charge is 0.266 e. The average Bonchev–Trinajstić information content (AvgIpc) is 3.24. The van der Waals surface area contributed by atoms with E-state index in [0.29, 0.717) is 25.6 Å². The van der Waals surface area contributed by atoms with E-state index in [9.17, 15) is 13.7 Å². The molecule has 1 N–H and O–H groups in total. The number of rotatable bonds is 6. The number of anilines is 1. The summed E-state index contributed by atoms with van der Waals surface area (Å²) in [6.07, 6.45) is 2.76. The van der Waals surface area contributed by atoms with E-state index in [1.165, 1.54) is 10.4 Å². The maximum atomic E-state index is 12.9. The highest BCUT2D eigenvalue weighted by molar-refractivity contribution is 7.89. The molecule has 1 saturated heterocycles. The van der Waals surface area contributed by atoms with Gasteiger partial charge in [0.15, 0.2) is 5.76 Å². The van der Waals surface area contributed by atoms with Gasteiger partial charge >= 0.3 is 0 Å². The molecule has 1 fully saturated rings. The van der Waals surface area contributed by atoms with Crippen molar-refractivity contribution in [2.75, 3.05) is 25.0 Å². The van der Waals surface area contributed by atoms with Gasteiger partial charge in [0.05, 0.1) is 0 Å². The van der Waals surface area contributed by atoms with Crippen molar-refractivity contribution in [3.05, 3.63) is 17.5 Å². The topological polar surface area (TPSA) is 112 Å². The molecule has 146 valence electrons. The molecule has 0 aromatic carbocycles. The van der Waals surface area contributed by atoms with Crippen molar-refractivity contribution in [3.63, 3.8) is 0 Å². The van der Waals surface area contributed by atoms with Crippen LogP contribution >= 0.6 is 0 Å². The van der Waals surface area contributed by atoms with Crippen LogP contribution < -0.4 is 5.32 Å². The molecule has 0 radical (unpaired) electrons. The van der Waals surface area contributed by atoms with E-state index in [2.05, 4.69) is 10.3 Å². The number of aryl methyl sites for hydroxylation is 1. The van der Waals surface area contributed by atoms with Crippen LogP contribution in [0.4, 0.5) is 5.88 Å². The second-order valence-electron chi connectivity index (χ2n) is 7.08. The Balaban J connectivity index is 1.91. The summed E-state index contributed by atoms with van der Waals surface area (Å²) in [5.41, 5.74) is 0.111. The Hall–Kier alpha value is -2.31. The van der Waals surface area contributed by atoms with Crippen molar-refractivity contribution in [3.8, 4) is 17.7 Å². The monoisotopic (exact) mass is 392 g/mol. The summed E-state index contributed by atoms with van der Waals surface area (Å²) in [7, 11) is -3.62. The number of oxazole rings is 1. The van der Waals surface area contributed by atoms with Gasteiger partial charge in [-0.05, 0) is 25.7 Å². The number of hydrogen-bond acceptors (Lipinski definition) is 7. The molecule has 0 amide bonds. The zero-order valence-corrected chi connectivity index (χ0v) is 16.6. The molecule has 0 bridgehead atoms. The maximum Gasteiger partial charge on any atom is 0.266 e. The van der Waals surface area contributed by atoms with Gasteiger partial charge in [0, 0.05) is 25.7 Å². The number of sulfonamides is 1. The lowest BCUT2D eigenvalue weighted by Gasteiger charge is -2.25. The Morgan fingerprint density at radius 3 is 2.63 bits per heavy atom. The first-order chi connectivity index (χ1) is 12.8. The normalized spacial score (nSPS) is 15.8. The lowest BCUT2D eigenvalue weighted by atomic mass is 10.2. The average molecular weight is 392 g/mol. The van der Waals surface area contributed by atoms with Crippen LogP contribution in [0.15, 0.2) is 19.8 Å². The third kappa shape index (κ3) is 4.01. The molecule has 0 aliphatic carbocycles. The lowest BCUT2D eigenvalue weighted by Crippen LogP contribution is -2.35. The summed E-state index contributed by atoms with van der Waals surface area (Å²) >= 11 is 0. The first-order valence-corrected chi connectivity index (χ1v) is 10.5. The summed E-state index contributed by atoms with van der Waals surface area (Å²) in [6, 6.07) is 3.41. The van der Waals surface area contributed by atoms with Gasteiger partial charge in [0.1, 0.15) is 16.7 Å². The van der Waals surface area contributed by atoms with Gasteiger partial charge in [-0.2, -0.15) is 14.6 Å². The van der Waals surface area contributed by atoms with Crippen molar-refractivity contribution in [2.45, 2.75) is 44.9 Å². The number of aromatic nitrogens is 1. The summed E-state index contributed by atoms with van der Waals surface area (Å²) in [5, 5.41) is 12.3. The molecule has 3 rings (SSSR count). The summed E-state index contributed by atoms with van der Waals surface area (Å²) in [5.74, 6) is 1.18. The fourth-order valence-corrected chi connectivity index (χ4v) is 4.67. The summed E-state index contributed by atoms with van der Waals surface area (Å²) in [6.45, 7) is 7.32. The van der Waals surface area contributed by atoms with Gasteiger partial charge in [-0.25, -0.2) is 8.42 Å². The Labute approximate surface area is 159 Å². The number of nitrogens with zero attached hydrogens (tertiary/aromatic N) is 3. The first kappa shape index (κ1) is 19.5. The van der Waals surface area contributed by atoms with E-state index < -0.39 is 10.0 Å². The van der Waals surface area contributed by atoms with E-state index in [1.807, 2.05) is 19.9 Å². The van der Waals surface area contributed by atoms with E-state index in [0.717, 1.165) is 19.3 Å². The molecular weight excluding hydrogens is 368 g/mol. The molecule has 0 atom stereocenters. The van der Waals surface area contributed by atoms with Crippen molar-refractivity contribution < 1.29 is 17.3 Å². The van der Waals surface area contributed by atoms with Crippen LogP contribution in [0.5, 0.6) is 0 Å². The molecule has 0 spiro atoms. The van der Waals surface area contributed by atoms with Crippen LogP contribution in [0, 0.1) is 24.2 Å². The SMILES string of the molecule is Cc1oc(-c2nc(C#N)c(NCC(C)C)o2)cc1S(=O)(=O)N1CCCCC1. The molecule has 1 aliphatic heterocycles. The Kier molecular flexibility index (Phi) is 5.58. The molecule has 2 aromatic rings. The molecular formula is C18H24N4O4S. The van der Waals surface area contributed by atoms with Crippen LogP contribution in [0.25, 0.3) is 11.7 Å². The van der Waals surface area contributed by atoms with Crippen molar-refractivity contribution in [1.29, 1.82) is 5.26 Å². The standard InChI is InChI=1S/C18H24N4O4S/c1-12(2)11-20-17-14(10-19)21-18(26-17)15-9-16(13(3)25-15)27(23,24)22-7-5-4-6-8-22/h9,12,20H,4-8,11H2,1-3H3. The lowest BCUT2D eigenvalue weighted by molar-refractivity contribution is 0.346. The molecule has 0 unspecified atom stereocenters. The third-order valence-corrected chi connectivity index (χ3v) is 6.43. The van der Waals surface area contributed by atoms with Crippen LogP contribution in [0.3, 0.4) is 0 Å². The minimum absolute atomic E-state index is 0.0843. The number of piperidine rings is 1. The number of nitriles is 1. The Morgan fingerprint density at radius 1 is 1.30 bits per heavy atom. The van der Waals surface area contributed by atoms with Crippen LogP contribution in [0.2, 0.25) is 0 Å². The van der Waals surface area contributed by atoms with E-state index in [4.69, 9.17) is 8.83 Å². The van der Waals surface area contributed by atoms with E-state index in [1.54, 1.807) is 6.92 Å². The largest absolute Gasteiger partial charge is 0.455 e. The zero-order chi connectivity index (χ0) is 19.6. The molecule has 3 heterocycles. The highest BCUT2D eigenvalue weighted by atomic mass is 32.2. The van der Waals surface area contributed by atoms with Crippen molar-refractivity contribution in [1.82, 2.24) is 9.29 Å².